The normalized spacial score (nSPS) is 14.2. The Kier molecular flexibility index (Phi) is 8.44. The van der Waals surface area contributed by atoms with Gasteiger partial charge in [-0.1, -0.05) is 24.6 Å². The number of piperidine rings is 1. The quantitative estimate of drug-likeness (QED) is 0.383. The van der Waals surface area contributed by atoms with Crippen molar-refractivity contribution < 1.29 is 26.7 Å². The van der Waals surface area contributed by atoms with Gasteiger partial charge in [-0.25, -0.2) is 9.37 Å². The zero-order valence-electron chi connectivity index (χ0n) is 21.1. The maximum Gasteiger partial charge on any atom is 0.417 e. The molecule has 1 amide bonds. The highest BCUT2D eigenvalue weighted by Crippen LogP contribution is 2.38. The number of anilines is 1. The number of nitriles is 1. The second-order valence-electron chi connectivity index (χ2n) is 9.24. The van der Waals surface area contributed by atoms with E-state index in [-0.39, 0.29) is 12.0 Å². The molecule has 2 N–H and O–H groups in total. The van der Waals surface area contributed by atoms with E-state index in [1.807, 2.05) is 16.0 Å². The molecular weight excluding hydrogens is 557 g/mol. The minimum atomic E-state index is -5.00. The lowest BCUT2D eigenvalue weighted by Crippen LogP contribution is -2.40. The van der Waals surface area contributed by atoms with Crippen LogP contribution in [0.4, 0.5) is 27.6 Å². The number of hydrogen-bond acceptors (Lipinski definition) is 5. The molecule has 13 heteroatoms. The molecule has 1 aromatic heterocycles. The van der Waals surface area contributed by atoms with Crippen LogP contribution < -0.4 is 15.8 Å². The zero-order chi connectivity index (χ0) is 29.2. The Hall–Kier alpha value is -3.98. The number of rotatable bonds is 6. The fourth-order valence-corrected chi connectivity index (χ4v) is 4.92. The van der Waals surface area contributed by atoms with Gasteiger partial charge in [0.15, 0.2) is 0 Å². The lowest BCUT2D eigenvalue weighted by molar-refractivity contribution is -0.137. The number of nitrogens with zero attached hydrogens (tertiary/aromatic N) is 3. The summed E-state index contributed by atoms with van der Waals surface area (Å²) in [6.07, 6.45) is -4.20. The summed E-state index contributed by atoms with van der Waals surface area (Å²) in [6.45, 7) is 2.02. The lowest BCUT2D eigenvalue weighted by atomic mass is 9.95. The summed E-state index contributed by atoms with van der Waals surface area (Å²) in [5, 5.41) is 12.0. The Morgan fingerprint density at radius 3 is 2.50 bits per heavy atom. The second-order valence-corrected chi connectivity index (χ2v) is 9.65. The summed E-state index contributed by atoms with van der Waals surface area (Å²) < 4.78 is 70.6. The zero-order valence-corrected chi connectivity index (χ0v) is 21.9. The molecule has 7 nitrogen and oxygen atoms in total. The standard InChI is InChI=1S/C27H23ClF5N5O2/c1-2-19-23(30)26(40)37-24(36-19)21-17(27(31,32)33)5-4-16(22(21)29)13-35-25(39)15-7-9-38(10-8-15)20-6-3-14(12-34)11-18(20)28/h3-6,11,15H,2,7-10,13H2,1H3,(H,35,39)(H,36,37,40). The highest BCUT2D eigenvalue weighted by molar-refractivity contribution is 6.33. The molecule has 0 radical (unpaired) electrons. The molecule has 0 spiro atoms. The molecular formula is C27H23ClF5N5O2. The maximum atomic E-state index is 15.5. The molecule has 1 aliphatic heterocycles. The topological polar surface area (TPSA) is 102 Å². The number of hydrogen-bond donors (Lipinski definition) is 2. The van der Waals surface area contributed by atoms with Gasteiger partial charge < -0.3 is 15.2 Å². The first kappa shape index (κ1) is 29.0. The molecule has 0 bridgehead atoms. The van der Waals surface area contributed by atoms with Crippen molar-refractivity contribution in [3.8, 4) is 17.5 Å². The van der Waals surface area contributed by atoms with Crippen molar-refractivity contribution in [3.63, 3.8) is 0 Å². The number of carbonyl (C=O) groups excluding carboxylic acids is 1. The molecule has 0 saturated carbocycles. The number of aryl methyl sites for hydroxylation is 1. The van der Waals surface area contributed by atoms with Gasteiger partial charge in [0.2, 0.25) is 11.7 Å². The van der Waals surface area contributed by atoms with Crippen LogP contribution in [0.3, 0.4) is 0 Å². The second kappa shape index (κ2) is 11.6. The van der Waals surface area contributed by atoms with Gasteiger partial charge in [-0.05, 0) is 43.5 Å². The van der Waals surface area contributed by atoms with Gasteiger partial charge >= 0.3 is 6.18 Å². The smallest absolute Gasteiger partial charge is 0.370 e. The first-order valence-corrected chi connectivity index (χ1v) is 12.7. The molecule has 0 aliphatic carbocycles. The minimum absolute atomic E-state index is 0.0995. The number of nitrogens with one attached hydrogen (secondary N) is 2. The molecule has 2 aromatic carbocycles. The van der Waals surface area contributed by atoms with Gasteiger partial charge in [-0.15, -0.1) is 0 Å². The van der Waals surface area contributed by atoms with Crippen LogP contribution in [0.2, 0.25) is 5.02 Å². The number of alkyl halides is 3. The van der Waals surface area contributed by atoms with Crippen LogP contribution in [0, 0.1) is 28.9 Å². The summed E-state index contributed by atoms with van der Waals surface area (Å²) >= 11 is 6.28. The van der Waals surface area contributed by atoms with Gasteiger partial charge in [0.1, 0.15) is 11.6 Å². The van der Waals surface area contributed by atoms with Gasteiger partial charge in [0.05, 0.1) is 39.2 Å². The van der Waals surface area contributed by atoms with Crippen LogP contribution >= 0.6 is 11.6 Å². The molecule has 2 heterocycles. The van der Waals surface area contributed by atoms with Crippen LogP contribution in [0.5, 0.6) is 0 Å². The summed E-state index contributed by atoms with van der Waals surface area (Å²) in [5.74, 6) is -4.16. The third-order valence-corrected chi connectivity index (χ3v) is 7.07. The number of aromatic nitrogens is 2. The molecule has 210 valence electrons. The van der Waals surface area contributed by atoms with Crippen molar-refractivity contribution in [2.75, 3.05) is 18.0 Å². The highest BCUT2D eigenvalue weighted by Gasteiger charge is 2.37. The first-order chi connectivity index (χ1) is 18.9. The number of benzene rings is 2. The van der Waals surface area contributed by atoms with Crippen LogP contribution in [0.1, 0.15) is 42.1 Å². The van der Waals surface area contributed by atoms with Crippen molar-refractivity contribution in [2.24, 2.45) is 5.92 Å². The molecule has 1 saturated heterocycles. The molecule has 0 atom stereocenters. The Morgan fingerprint density at radius 1 is 1.20 bits per heavy atom. The van der Waals surface area contributed by atoms with E-state index in [9.17, 15) is 27.2 Å². The van der Waals surface area contributed by atoms with E-state index in [4.69, 9.17) is 16.9 Å². The number of carbonyl (C=O) groups is 1. The fourth-order valence-electron chi connectivity index (χ4n) is 4.62. The molecule has 1 fully saturated rings. The van der Waals surface area contributed by atoms with Crippen LogP contribution in [0.25, 0.3) is 11.4 Å². The Balaban J connectivity index is 1.51. The maximum absolute atomic E-state index is 15.5. The van der Waals surface area contributed by atoms with Crippen LogP contribution in [-0.2, 0) is 23.9 Å². The number of H-pyrrole nitrogens is 1. The number of halogens is 6. The van der Waals surface area contributed by atoms with Gasteiger partial charge in [0, 0.05) is 31.1 Å². The van der Waals surface area contributed by atoms with E-state index < -0.39 is 64.4 Å². The number of aromatic amines is 1. The average Bonchev–Trinajstić information content (AvgIpc) is 2.93. The predicted molar refractivity (Wildman–Crippen MR) is 138 cm³/mol. The molecule has 1 aliphatic rings. The largest absolute Gasteiger partial charge is 0.417 e. The summed E-state index contributed by atoms with van der Waals surface area (Å²) in [6, 6.07) is 8.49. The Bertz CT molecular complexity index is 1540. The van der Waals surface area contributed by atoms with E-state index in [1.54, 1.807) is 18.2 Å². The lowest BCUT2D eigenvalue weighted by Gasteiger charge is -2.33. The monoisotopic (exact) mass is 579 g/mol. The van der Waals surface area contributed by atoms with Crippen molar-refractivity contribution in [3.05, 3.63) is 79.7 Å². The molecule has 4 rings (SSSR count). The van der Waals surface area contributed by atoms with E-state index >= 15 is 4.39 Å². The third-order valence-electron chi connectivity index (χ3n) is 6.77. The van der Waals surface area contributed by atoms with Crippen LogP contribution in [-0.4, -0.2) is 29.0 Å². The predicted octanol–water partition coefficient (Wildman–Crippen LogP) is 5.35. The van der Waals surface area contributed by atoms with Crippen molar-refractivity contribution in [2.45, 2.75) is 38.9 Å². The highest BCUT2D eigenvalue weighted by atomic mass is 35.5. The third kappa shape index (κ3) is 5.94. The van der Waals surface area contributed by atoms with E-state index in [0.717, 1.165) is 11.8 Å². The Labute approximate surface area is 230 Å². The van der Waals surface area contributed by atoms with Crippen molar-refractivity contribution in [1.82, 2.24) is 15.3 Å². The summed E-state index contributed by atoms with van der Waals surface area (Å²) in [4.78, 5) is 32.4. The van der Waals surface area contributed by atoms with Gasteiger partial charge in [-0.2, -0.15) is 22.8 Å². The summed E-state index contributed by atoms with van der Waals surface area (Å²) in [7, 11) is 0. The number of amides is 1. The first-order valence-electron chi connectivity index (χ1n) is 12.3. The summed E-state index contributed by atoms with van der Waals surface area (Å²) in [5.41, 5.74) is -3.25. The van der Waals surface area contributed by atoms with Gasteiger partial charge in [0.25, 0.3) is 5.56 Å². The van der Waals surface area contributed by atoms with Crippen LogP contribution in [0.15, 0.2) is 35.1 Å². The van der Waals surface area contributed by atoms with E-state index in [2.05, 4.69) is 10.3 Å². The molecule has 0 unspecified atom stereocenters. The Morgan fingerprint density at radius 2 is 1.90 bits per heavy atom. The minimum Gasteiger partial charge on any atom is -0.370 e. The molecule has 40 heavy (non-hydrogen) atoms. The van der Waals surface area contributed by atoms with Crippen molar-refractivity contribution in [1.29, 1.82) is 5.26 Å². The van der Waals surface area contributed by atoms with Crippen molar-refractivity contribution >= 4 is 23.2 Å². The fraction of sp³-hybridized carbons (Fsp3) is 0.333. The van der Waals surface area contributed by atoms with E-state index in [1.165, 1.54) is 6.92 Å². The molecule has 3 aromatic rings. The van der Waals surface area contributed by atoms with Gasteiger partial charge in [-0.3, -0.25) is 9.59 Å². The van der Waals surface area contributed by atoms with E-state index in [0.29, 0.717) is 42.6 Å². The average molecular weight is 580 g/mol. The SMILES string of the molecule is CCc1nc(-c2c(C(F)(F)F)ccc(CNC(=O)C3CCN(c4ccc(C#N)cc4Cl)CC3)c2F)[nH]c(=O)c1F.